The van der Waals surface area contributed by atoms with Crippen molar-refractivity contribution in [1.82, 2.24) is 9.78 Å². The van der Waals surface area contributed by atoms with Crippen LogP contribution in [-0.2, 0) is 13.2 Å². The summed E-state index contributed by atoms with van der Waals surface area (Å²) in [6.45, 7) is 0.708. The second-order valence-corrected chi connectivity index (χ2v) is 5.42. The molecule has 0 bridgehead atoms. The van der Waals surface area contributed by atoms with Crippen LogP contribution in [0.5, 0.6) is 11.6 Å². The number of hydrogen-bond donors (Lipinski definition) is 1. The number of hydrogen-bond acceptors (Lipinski definition) is 5. The van der Waals surface area contributed by atoms with E-state index in [1.807, 2.05) is 54.6 Å². The van der Waals surface area contributed by atoms with E-state index in [4.69, 9.17) is 15.2 Å². The van der Waals surface area contributed by atoms with Gasteiger partial charge in [-0.15, -0.1) is 5.10 Å². The third-order valence-electron chi connectivity index (χ3n) is 3.80. The molecule has 0 aliphatic carbocycles. The molecule has 0 saturated heterocycles. The molecule has 126 valence electrons. The first-order valence-corrected chi connectivity index (χ1v) is 7.78. The number of benzene rings is 2. The fourth-order valence-corrected chi connectivity index (χ4v) is 2.50. The molecule has 25 heavy (non-hydrogen) atoms. The lowest BCUT2D eigenvalue weighted by atomic mass is 10.2. The van der Waals surface area contributed by atoms with E-state index in [9.17, 15) is 5.26 Å². The van der Waals surface area contributed by atoms with Crippen LogP contribution in [-0.4, -0.2) is 16.9 Å². The predicted molar refractivity (Wildman–Crippen MR) is 94.2 cm³/mol. The largest absolute Gasteiger partial charge is 0.496 e. The molecule has 0 saturated carbocycles. The fraction of sp³-hybridized carbons (Fsp3) is 0.158. The summed E-state index contributed by atoms with van der Waals surface area (Å²) in [7, 11) is 1.60. The van der Waals surface area contributed by atoms with Gasteiger partial charge in [0.15, 0.2) is 5.56 Å². The molecule has 2 N–H and O–H groups in total. The monoisotopic (exact) mass is 334 g/mol. The van der Waals surface area contributed by atoms with E-state index in [0.717, 1.165) is 16.9 Å². The molecule has 0 radical (unpaired) electrons. The van der Waals surface area contributed by atoms with Crippen LogP contribution in [0.2, 0.25) is 0 Å². The van der Waals surface area contributed by atoms with Crippen molar-refractivity contribution in [2.75, 3.05) is 12.8 Å². The maximum atomic E-state index is 9.39. The molecule has 3 aromatic rings. The van der Waals surface area contributed by atoms with Gasteiger partial charge in [-0.3, -0.25) is 0 Å². The molecule has 3 rings (SSSR count). The molecular formula is C19H18N4O2. The van der Waals surface area contributed by atoms with Crippen LogP contribution in [0, 0.1) is 11.3 Å². The number of methoxy groups -OCH3 is 1. The van der Waals surface area contributed by atoms with Gasteiger partial charge in [-0.1, -0.05) is 48.5 Å². The maximum absolute atomic E-state index is 9.39. The second kappa shape index (κ2) is 7.41. The zero-order valence-corrected chi connectivity index (χ0v) is 13.8. The lowest BCUT2D eigenvalue weighted by Gasteiger charge is -2.08. The molecule has 6 heteroatoms. The Balaban J connectivity index is 1.82. The van der Waals surface area contributed by atoms with Crippen molar-refractivity contribution in [2.24, 2.45) is 0 Å². The number of rotatable bonds is 6. The number of anilines is 1. The van der Waals surface area contributed by atoms with Gasteiger partial charge in [0.2, 0.25) is 0 Å². The highest BCUT2D eigenvalue weighted by Crippen LogP contribution is 2.26. The molecule has 0 spiro atoms. The molecule has 0 unspecified atom stereocenters. The van der Waals surface area contributed by atoms with Crippen molar-refractivity contribution < 1.29 is 9.47 Å². The van der Waals surface area contributed by atoms with Crippen LogP contribution in [0.1, 0.15) is 16.7 Å². The molecular weight excluding hydrogens is 316 g/mol. The highest BCUT2D eigenvalue weighted by atomic mass is 16.5. The SMILES string of the molecule is COc1ccccc1COc1nn(Cc2ccccc2)c(N)c1C#N. The Bertz CT molecular complexity index is 898. The van der Waals surface area contributed by atoms with Crippen molar-refractivity contribution in [3.63, 3.8) is 0 Å². The first-order chi connectivity index (χ1) is 12.2. The summed E-state index contributed by atoms with van der Waals surface area (Å²) in [5.74, 6) is 1.24. The summed E-state index contributed by atoms with van der Waals surface area (Å²) < 4.78 is 12.6. The highest BCUT2D eigenvalue weighted by Gasteiger charge is 2.17. The molecule has 0 amide bonds. The van der Waals surface area contributed by atoms with Gasteiger partial charge in [-0.2, -0.15) is 5.26 Å². The Morgan fingerprint density at radius 1 is 1.12 bits per heavy atom. The van der Waals surface area contributed by atoms with Gasteiger partial charge < -0.3 is 15.2 Å². The van der Waals surface area contributed by atoms with E-state index in [1.54, 1.807) is 11.8 Å². The average Bonchev–Trinajstić information content (AvgIpc) is 2.95. The Morgan fingerprint density at radius 3 is 2.56 bits per heavy atom. The summed E-state index contributed by atoms with van der Waals surface area (Å²) in [6.07, 6.45) is 0. The average molecular weight is 334 g/mol. The molecule has 0 aliphatic rings. The van der Waals surface area contributed by atoms with E-state index in [1.165, 1.54) is 0 Å². The minimum absolute atomic E-state index is 0.224. The van der Waals surface area contributed by atoms with Crippen LogP contribution in [0.4, 0.5) is 5.82 Å². The Hall–Kier alpha value is -3.46. The van der Waals surface area contributed by atoms with E-state index in [2.05, 4.69) is 11.2 Å². The first-order valence-electron chi connectivity index (χ1n) is 7.78. The van der Waals surface area contributed by atoms with Gasteiger partial charge in [-0.25, -0.2) is 4.68 Å². The molecule has 1 aromatic heterocycles. The quantitative estimate of drug-likeness (QED) is 0.749. The molecule has 6 nitrogen and oxygen atoms in total. The number of para-hydroxylation sites is 1. The van der Waals surface area contributed by atoms with Crippen LogP contribution >= 0.6 is 0 Å². The van der Waals surface area contributed by atoms with Gasteiger partial charge in [0.25, 0.3) is 5.88 Å². The number of aromatic nitrogens is 2. The maximum Gasteiger partial charge on any atom is 0.253 e. The van der Waals surface area contributed by atoms with Gasteiger partial charge >= 0.3 is 0 Å². The molecule has 2 aromatic carbocycles. The number of nitrogen functional groups attached to an aromatic ring is 1. The normalized spacial score (nSPS) is 10.2. The van der Waals surface area contributed by atoms with Crippen molar-refractivity contribution in [2.45, 2.75) is 13.2 Å². The number of nitrogens with zero attached hydrogens (tertiary/aromatic N) is 3. The van der Waals surface area contributed by atoms with Gasteiger partial charge in [0.1, 0.15) is 24.2 Å². The topological polar surface area (TPSA) is 86.1 Å². The highest BCUT2D eigenvalue weighted by molar-refractivity contribution is 5.55. The lowest BCUT2D eigenvalue weighted by molar-refractivity contribution is 0.281. The van der Waals surface area contributed by atoms with E-state index < -0.39 is 0 Å². The van der Waals surface area contributed by atoms with E-state index in [0.29, 0.717) is 12.4 Å². The molecule has 0 fully saturated rings. The zero-order valence-electron chi connectivity index (χ0n) is 13.8. The first kappa shape index (κ1) is 16.4. The fourth-order valence-electron chi connectivity index (χ4n) is 2.50. The minimum Gasteiger partial charge on any atom is -0.496 e. The molecule has 0 atom stereocenters. The summed E-state index contributed by atoms with van der Waals surface area (Å²) in [5.41, 5.74) is 8.21. The summed E-state index contributed by atoms with van der Waals surface area (Å²) in [6, 6.07) is 19.4. The predicted octanol–water partition coefficient (Wildman–Crippen LogP) is 2.97. The van der Waals surface area contributed by atoms with E-state index >= 15 is 0 Å². The molecule has 1 heterocycles. The van der Waals surface area contributed by atoms with Gasteiger partial charge in [0.05, 0.1) is 13.7 Å². The lowest BCUT2D eigenvalue weighted by Crippen LogP contribution is -2.06. The minimum atomic E-state index is 0.224. The van der Waals surface area contributed by atoms with Crippen LogP contribution in [0.3, 0.4) is 0 Å². The van der Waals surface area contributed by atoms with E-state index in [-0.39, 0.29) is 18.1 Å². The third kappa shape index (κ3) is 3.56. The Morgan fingerprint density at radius 2 is 1.84 bits per heavy atom. The summed E-state index contributed by atoms with van der Waals surface area (Å²) >= 11 is 0. The van der Waals surface area contributed by atoms with Crippen molar-refractivity contribution in [3.05, 3.63) is 71.3 Å². The Kier molecular flexibility index (Phi) is 4.86. The third-order valence-corrected chi connectivity index (χ3v) is 3.80. The Labute approximate surface area is 146 Å². The van der Waals surface area contributed by atoms with Crippen molar-refractivity contribution in [1.29, 1.82) is 5.26 Å². The number of nitrogens with two attached hydrogens (primary N) is 1. The smallest absolute Gasteiger partial charge is 0.253 e. The second-order valence-electron chi connectivity index (χ2n) is 5.42. The van der Waals surface area contributed by atoms with Crippen molar-refractivity contribution in [3.8, 4) is 17.7 Å². The van der Waals surface area contributed by atoms with Crippen molar-refractivity contribution >= 4 is 5.82 Å². The van der Waals surface area contributed by atoms with Gasteiger partial charge in [0, 0.05) is 5.56 Å². The summed E-state index contributed by atoms with van der Waals surface area (Å²) in [4.78, 5) is 0. The van der Waals surface area contributed by atoms with Gasteiger partial charge in [-0.05, 0) is 11.6 Å². The van der Waals surface area contributed by atoms with Crippen LogP contribution < -0.4 is 15.2 Å². The number of ether oxygens (including phenoxy) is 2. The van der Waals surface area contributed by atoms with Crippen LogP contribution in [0.25, 0.3) is 0 Å². The summed E-state index contributed by atoms with van der Waals surface area (Å²) in [5, 5.41) is 13.7. The standard InChI is InChI=1S/C19H18N4O2/c1-24-17-10-6-5-9-15(17)13-25-19-16(11-20)18(21)23(22-19)12-14-7-3-2-4-8-14/h2-10H,12-13,21H2,1H3. The number of nitriles is 1. The van der Waals surface area contributed by atoms with Crippen LogP contribution in [0.15, 0.2) is 54.6 Å². The molecule has 0 aliphatic heterocycles. The zero-order chi connectivity index (χ0) is 17.6.